The maximum atomic E-state index is 13.7. The highest BCUT2D eigenvalue weighted by Gasteiger charge is 2.22. The normalized spacial score (nSPS) is 11.7. The number of para-hydroxylation sites is 1. The molecule has 3 N–H and O–H groups in total. The number of nitrogens with zero attached hydrogens (tertiary/aromatic N) is 1. The zero-order valence-electron chi connectivity index (χ0n) is 28.4. The van der Waals surface area contributed by atoms with Gasteiger partial charge >= 0.3 is 0 Å². The number of benzene rings is 4. The van der Waals surface area contributed by atoms with Crippen molar-refractivity contribution in [1.82, 2.24) is 10.3 Å². The summed E-state index contributed by atoms with van der Waals surface area (Å²) in [5.74, 6) is -0.259. The van der Waals surface area contributed by atoms with Crippen LogP contribution in [0, 0.1) is 13.8 Å². The monoisotopic (exact) mass is 706 g/mol. The van der Waals surface area contributed by atoms with Crippen LogP contribution in [0.5, 0.6) is 11.5 Å². The Hall–Kier alpha value is -5.39. The lowest BCUT2D eigenvalue weighted by atomic mass is 10.1. The average Bonchev–Trinajstić information content (AvgIpc) is 3.49. The molecule has 1 atom stereocenters. The topological polar surface area (TPSA) is 119 Å². The third kappa shape index (κ3) is 8.99. The van der Waals surface area contributed by atoms with Crippen LogP contribution in [0.2, 0.25) is 0 Å². The van der Waals surface area contributed by atoms with Crippen molar-refractivity contribution in [1.29, 1.82) is 0 Å². The molecule has 4 aromatic carbocycles. The van der Waals surface area contributed by atoms with Crippen LogP contribution in [-0.4, -0.2) is 42.2 Å². The van der Waals surface area contributed by atoms with E-state index in [-0.39, 0.29) is 11.6 Å². The number of hydrogen-bond donors (Lipinski definition) is 3. The molecule has 0 radical (unpaired) electrons. The van der Waals surface area contributed by atoms with Crippen LogP contribution in [0.3, 0.4) is 0 Å². The van der Waals surface area contributed by atoms with Crippen molar-refractivity contribution in [2.75, 3.05) is 24.9 Å². The summed E-state index contributed by atoms with van der Waals surface area (Å²) in [6.45, 7) is 5.99. The summed E-state index contributed by atoms with van der Waals surface area (Å²) in [5.41, 5.74) is 4.45. The number of thiazole rings is 1. The Kier molecular flexibility index (Phi) is 12.1. The predicted molar refractivity (Wildman–Crippen MR) is 202 cm³/mol. The summed E-state index contributed by atoms with van der Waals surface area (Å²) < 4.78 is 11.0. The van der Waals surface area contributed by atoms with Crippen LogP contribution in [0.4, 0.5) is 10.8 Å². The highest BCUT2D eigenvalue weighted by Crippen LogP contribution is 2.34. The summed E-state index contributed by atoms with van der Waals surface area (Å²) in [6, 6.07) is 29.3. The molecule has 1 aromatic heterocycles. The van der Waals surface area contributed by atoms with Crippen molar-refractivity contribution in [2.24, 2.45) is 0 Å². The molecule has 1 unspecified atom stereocenters. The van der Waals surface area contributed by atoms with Crippen molar-refractivity contribution in [3.8, 4) is 22.8 Å². The molecule has 0 spiro atoms. The maximum absolute atomic E-state index is 13.7. The minimum absolute atomic E-state index is 0.00183. The Labute approximate surface area is 300 Å². The number of thioether (sulfide) groups is 1. The fourth-order valence-corrected chi connectivity index (χ4v) is 6.92. The SMILES string of the molecule is CCC(Sc1cccc(NC(=O)/C(=C\c2cccc(OC)c2OC)NC(=O)c2ccccc2)c1)C(=O)Nc1nc(-c2ccc(C)cc2)c(C)s1. The maximum Gasteiger partial charge on any atom is 0.272 e. The highest BCUT2D eigenvalue weighted by molar-refractivity contribution is 8.00. The Morgan fingerprint density at radius 1 is 0.880 bits per heavy atom. The molecule has 0 aliphatic heterocycles. The number of nitrogens with one attached hydrogen (secondary N) is 3. The summed E-state index contributed by atoms with van der Waals surface area (Å²) in [5, 5.41) is 8.79. The smallest absolute Gasteiger partial charge is 0.272 e. The fraction of sp³-hybridized carbons (Fsp3) is 0.179. The van der Waals surface area contributed by atoms with E-state index in [0.29, 0.717) is 39.9 Å². The Morgan fingerprint density at radius 3 is 2.32 bits per heavy atom. The summed E-state index contributed by atoms with van der Waals surface area (Å²) in [7, 11) is 3.03. The van der Waals surface area contributed by atoms with E-state index >= 15 is 0 Å². The molecule has 3 amide bonds. The third-order valence-electron chi connectivity index (χ3n) is 7.65. The van der Waals surface area contributed by atoms with Crippen LogP contribution >= 0.6 is 23.1 Å². The van der Waals surface area contributed by atoms with E-state index in [2.05, 4.69) is 16.0 Å². The Morgan fingerprint density at radius 2 is 1.62 bits per heavy atom. The van der Waals surface area contributed by atoms with Crippen LogP contribution < -0.4 is 25.4 Å². The van der Waals surface area contributed by atoms with Crippen molar-refractivity contribution in [2.45, 2.75) is 37.3 Å². The minimum atomic E-state index is -0.547. The van der Waals surface area contributed by atoms with Crippen molar-refractivity contribution >= 4 is 57.7 Å². The quantitative estimate of drug-likeness (QED) is 0.0832. The molecule has 11 heteroatoms. The van der Waals surface area contributed by atoms with E-state index < -0.39 is 17.1 Å². The van der Waals surface area contributed by atoms with Crippen molar-refractivity contribution in [3.63, 3.8) is 0 Å². The molecule has 0 fully saturated rings. The first-order chi connectivity index (χ1) is 24.2. The number of hydrogen-bond acceptors (Lipinski definition) is 8. The predicted octanol–water partition coefficient (Wildman–Crippen LogP) is 8.36. The largest absolute Gasteiger partial charge is 0.493 e. The van der Waals surface area contributed by atoms with Gasteiger partial charge in [0.15, 0.2) is 16.6 Å². The van der Waals surface area contributed by atoms with Crippen LogP contribution in [0.15, 0.2) is 108 Å². The molecule has 1 heterocycles. The Bertz CT molecular complexity index is 2010. The van der Waals surface area contributed by atoms with Gasteiger partial charge in [0.1, 0.15) is 5.70 Å². The lowest BCUT2D eigenvalue weighted by molar-refractivity contribution is -0.116. The first-order valence-corrected chi connectivity index (χ1v) is 17.6. The molecule has 256 valence electrons. The molecule has 5 aromatic rings. The lowest BCUT2D eigenvalue weighted by Gasteiger charge is -2.15. The van der Waals surface area contributed by atoms with Crippen LogP contribution in [0.1, 0.15) is 39.7 Å². The second-order valence-electron chi connectivity index (χ2n) is 11.2. The molecule has 9 nitrogen and oxygen atoms in total. The zero-order valence-corrected chi connectivity index (χ0v) is 30.0. The highest BCUT2D eigenvalue weighted by atomic mass is 32.2. The first-order valence-electron chi connectivity index (χ1n) is 15.9. The molecule has 0 aliphatic carbocycles. The van der Waals surface area contributed by atoms with Gasteiger partial charge in [-0.1, -0.05) is 73.2 Å². The van der Waals surface area contributed by atoms with Crippen molar-refractivity contribution in [3.05, 3.63) is 124 Å². The second kappa shape index (κ2) is 16.8. The summed E-state index contributed by atoms with van der Waals surface area (Å²) in [6.07, 6.45) is 2.11. The molecule has 0 saturated heterocycles. The van der Waals surface area contributed by atoms with Crippen LogP contribution in [0.25, 0.3) is 17.3 Å². The Balaban J connectivity index is 1.32. The number of rotatable bonds is 13. The standard InChI is InChI=1S/C39H38N4O5S2/c1-6-33(38(46)43-39-42-34(25(3)49-39)26-20-18-24(2)19-21-26)50-30-16-11-15-29(23-30)40-37(45)31(41-36(44)27-12-8-7-9-13-27)22-28-14-10-17-32(47-4)35(28)48-5/h7-23,33H,6H2,1-5H3,(H,40,45)(H,41,44)(H,42,43,46)/b31-22+. The van der Waals surface area contributed by atoms with Gasteiger partial charge in [-0.2, -0.15) is 0 Å². The number of carbonyl (C=O) groups excluding carboxylic acids is 3. The van der Waals surface area contributed by atoms with Gasteiger partial charge in [-0.3, -0.25) is 14.4 Å². The van der Waals surface area contributed by atoms with Gasteiger partial charge in [-0.25, -0.2) is 4.98 Å². The number of ether oxygens (including phenoxy) is 2. The fourth-order valence-electron chi connectivity index (χ4n) is 5.07. The van der Waals surface area contributed by atoms with E-state index in [4.69, 9.17) is 14.5 Å². The molecule has 50 heavy (non-hydrogen) atoms. The van der Waals surface area contributed by atoms with Gasteiger partial charge in [0.2, 0.25) is 5.91 Å². The third-order valence-corrected chi connectivity index (χ3v) is 9.89. The van der Waals surface area contributed by atoms with E-state index in [1.54, 1.807) is 60.7 Å². The summed E-state index contributed by atoms with van der Waals surface area (Å²) in [4.78, 5) is 46.8. The van der Waals surface area contributed by atoms with Gasteiger partial charge in [0, 0.05) is 32.2 Å². The zero-order chi connectivity index (χ0) is 35.6. The number of carbonyl (C=O) groups is 3. The first kappa shape index (κ1) is 35.9. The average molecular weight is 707 g/mol. The van der Waals surface area contributed by atoms with Gasteiger partial charge in [-0.15, -0.1) is 23.1 Å². The van der Waals surface area contributed by atoms with Crippen molar-refractivity contribution < 1.29 is 23.9 Å². The van der Waals surface area contributed by atoms with E-state index in [9.17, 15) is 14.4 Å². The van der Waals surface area contributed by atoms with Crippen LogP contribution in [-0.2, 0) is 9.59 Å². The molecule has 5 rings (SSSR count). The lowest BCUT2D eigenvalue weighted by Crippen LogP contribution is -2.30. The van der Waals surface area contributed by atoms with Gasteiger partial charge in [-0.05, 0) is 62.7 Å². The number of anilines is 2. The number of aryl methyl sites for hydroxylation is 2. The molecular formula is C39H38N4O5S2. The summed E-state index contributed by atoms with van der Waals surface area (Å²) >= 11 is 2.84. The van der Waals surface area contributed by atoms with Gasteiger partial charge < -0.3 is 25.4 Å². The number of aromatic nitrogens is 1. The molecule has 0 saturated carbocycles. The van der Waals surface area contributed by atoms with E-state index in [0.717, 1.165) is 21.0 Å². The van der Waals surface area contributed by atoms with Gasteiger partial charge in [0.05, 0.1) is 25.2 Å². The molecular weight excluding hydrogens is 669 g/mol. The number of amides is 3. The molecule has 0 bridgehead atoms. The minimum Gasteiger partial charge on any atom is -0.493 e. The second-order valence-corrected chi connectivity index (χ2v) is 13.7. The number of methoxy groups -OCH3 is 2. The van der Waals surface area contributed by atoms with Gasteiger partial charge in [0.25, 0.3) is 11.8 Å². The molecule has 0 aliphatic rings. The van der Waals surface area contributed by atoms with E-state index in [1.807, 2.05) is 57.2 Å². The van der Waals surface area contributed by atoms with E-state index in [1.165, 1.54) is 49.0 Å².